The largest absolute Gasteiger partial charge is 0.436 e. The van der Waals surface area contributed by atoms with Crippen LogP contribution in [0, 0.1) is 5.92 Å². The van der Waals surface area contributed by atoms with E-state index < -0.39 is 0 Å². The van der Waals surface area contributed by atoms with Crippen molar-refractivity contribution >= 4 is 45.1 Å². The molecule has 0 spiro atoms. The van der Waals surface area contributed by atoms with Gasteiger partial charge in [0, 0.05) is 54.9 Å². The van der Waals surface area contributed by atoms with E-state index in [4.69, 9.17) is 14.1 Å². The summed E-state index contributed by atoms with van der Waals surface area (Å²) in [5.41, 5.74) is 3.34. The summed E-state index contributed by atoms with van der Waals surface area (Å²) >= 11 is 0. The zero-order chi connectivity index (χ0) is 23.2. The van der Waals surface area contributed by atoms with Gasteiger partial charge in [0.2, 0.25) is 11.8 Å². The second kappa shape index (κ2) is 8.25. The third-order valence-corrected chi connectivity index (χ3v) is 6.42. The molecule has 3 aromatic heterocycles. The molecule has 2 N–H and O–H groups in total. The fraction of sp³-hybridized carbons (Fsp3) is 0.360. The second-order valence-corrected chi connectivity index (χ2v) is 8.95. The zero-order valence-corrected chi connectivity index (χ0v) is 19.2. The van der Waals surface area contributed by atoms with Crippen LogP contribution in [0.3, 0.4) is 0 Å². The number of aromatic nitrogens is 3. The molecule has 1 saturated carbocycles. The Balaban J connectivity index is 1.40. The molecule has 1 saturated heterocycles. The number of anilines is 3. The molecule has 1 amide bonds. The highest BCUT2D eigenvalue weighted by molar-refractivity contribution is 6.03. The summed E-state index contributed by atoms with van der Waals surface area (Å²) in [6.07, 6.45) is 5.54. The molecule has 9 heteroatoms. The number of amides is 1. The Labute approximate surface area is 196 Å². The van der Waals surface area contributed by atoms with Gasteiger partial charge in [-0.25, -0.2) is 15.0 Å². The highest BCUT2D eigenvalue weighted by atomic mass is 16.5. The topological polar surface area (TPSA) is 105 Å². The van der Waals surface area contributed by atoms with Gasteiger partial charge in [0.25, 0.3) is 0 Å². The number of fused-ring (bicyclic) bond motifs is 2. The van der Waals surface area contributed by atoms with Gasteiger partial charge in [-0.15, -0.1) is 0 Å². The lowest BCUT2D eigenvalue weighted by atomic mass is 10.1. The zero-order valence-electron chi connectivity index (χ0n) is 19.2. The fourth-order valence-electron chi connectivity index (χ4n) is 4.43. The lowest BCUT2D eigenvalue weighted by Crippen LogP contribution is -2.41. The molecule has 4 heterocycles. The maximum absolute atomic E-state index is 12.3. The number of benzene rings is 1. The molecule has 0 bridgehead atoms. The SMILES string of the molecule is CNc1ncc(-c2nc3cc(N4CCOC(C)C4)ccc3o2)c2cc(NC(=O)C3CC3)ncc12. The van der Waals surface area contributed by atoms with Crippen LogP contribution in [-0.2, 0) is 9.53 Å². The number of pyridine rings is 2. The maximum atomic E-state index is 12.3. The van der Waals surface area contributed by atoms with Crippen LogP contribution >= 0.6 is 0 Å². The standard InChI is InChI=1S/C25H26N6O3/c1-14-13-31(7-8-33-14)16-5-6-21-20(9-16)29-25(34-21)19-12-28-23(26-2)18-11-27-22(10-17(18)19)30-24(32)15-3-4-15/h5-6,9-12,14-15H,3-4,7-8,13H2,1-2H3,(H,26,28)(H,27,30,32). The first-order valence-corrected chi connectivity index (χ1v) is 11.6. The predicted molar refractivity (Wildman–Crippen MR) is 131 cm³/mol. The van der Waals surface area contributed by atoms with Gasteiger partial charge in [0.15, 0.2) is 5.58 Å². The first-order valence-electron chi connectivity index (χ1n) is 11.6. The minimum Gasteiger partial charge on any atom is -0.436 e. The number of hydrogen-bond acceptors (Lipinski definition) is 8. The molecule has 6 rings (SSSR count). The predicted octanol–water partition coefficient (Wildman–Crippen LogP) is 4.05. The fourth-order valence-corrected chi connectivity index (χ4v) is 4.43. The number of rotatable bonds is 5. The van der Waals surface area contributed by atoms with Crippen LogP contribution in [-0.4, -0.2) is 53.7 Å². The van der Waals surface area contributed by atoms with Crippen molar-refractivity contribution in [3.8, 4) is 11.5 Å². The van der Waals surface area contributed by atoms with E-state index in [1.807, 2.05) is 19.2 Å². The Kier molecular flexibility index (Phi) is 5.06. The number of carbonyl (C=O) groups is 1. The normalized spacial score (nSPS) is 18.4. The molecule has 2 aliphatic rings. The van der Waals surface area contributed by atoms with Gasteiger partial charge in [-0.1, -0.05) is 0 Å². The summed E-state index contributed by atoms with van der Waals surface area (Å²) in [5, 5.41) is 7.72. The molecular weight excluding hydrogens is 432 g/mol. The summed E-state index contributed by atoms with van der Waals surface area (Å²) in [7, 11) is 1.82. The van der Waals surface area contributed by atoms with E-state index in [1.54, 1.807) is 12.4 Å². The van der Waals surface area contributed by atoms with Gasteiger partial charge in [0.05, 0.1) is 18.3 Å². The van der Waals surface area contributed by atoms with E-state index in [1.165, 1.54) is 0 Å². The summed E-state index contributed by atoms with van der Waals surface area (Å²) < 4.78 is 11.8. The minimum atomic E-state index is 0.0168. The van der Waals surface area contributed by atoms with Crippen LogP contribution in [0.5, 0.6) is 0 Å². The molecule has 174 valence electrons. The van der Waals surface area contributed by atoms with Gasteiger partial charge in [-0.05, 0) is 44.0 Å². The van der Waals surface area contributed by atoms with Gasteiger partial charge < -0.3 is 24.7 Å². The summed E-state index contributed by atoms with van der Waals surface area (Å²) in [6.45, 7) is 4.50. The summed E-state index contributed by atoms with van der Waals surface area (Å²) in [6, 6.07) is 7.94. The van der Waals surface area contributed by atoms with E-state index in [2.05, 4.69) is 44.6 Å². The average molecular weight is 459 g/mol. The quantitative estimate of drug-likeness (QED) is 0.461. The molecule has 2 fully saturated rings. The number of nitrogens with one attached hydrogen (secondary N) is 2. The van der Waals surface area contributed by atoms with Crippen LogP contribution in [0.15, 0.2) is 41.1 Å². The van der Waals surface area contributed by atoms with Gasteiger partial charge in [-0.2, -0.15) is 0 Å². The van der Waals surface area contributed by atoms with Crippen LogP contribution in [0.2, 0.25) is 0 Å². The van der Waals surface area contributed by atoms with Crippen molar-refractivity contribution in [3.63, 3.8) is 0 Å². The molecular formula is C25H26N6O3. The van der Waals surface area contributed by atoms with E-state index in [0.29, 0.717) is 29.7 Å². The van der Waals surface area contributed by atoms with Crippen molar-refractivity contribution in [3.05, 3.63) is 36.7 Å². The van der Waals surface area contributed by atoms with Crippen LogP contribution in [0.25, 0.3) is 33.3 Å². The second-order valence-electron chi connectivity index (χ2n) is 8.95. The Morgan fingerprint density at radius 2 is 2.03 bits per heavy atom. The molecule has 34 heavy (non-hydrogen) atoms. The van der Waals surface area contributed by atoms with E-state index >= 15 is 0 Å². The summed E-state index contributed by atoms with van der Waals surface area (Å²) in [4.78, 5) is 28.3. The van der Waals surface area contributed by atoms with Crippen molar-refractivity contribution in [1.29, 1.82) is 0 Å². The van der Waals surface area contributed by atoms with Crippen molar-refractivity contribution in [2.24, 2.45) is 5.92 Å². The number of morpholine rings is 1. The first kappa shape index (κ1) is 20.9. The highest BCUT2D eigenvalue weighted by Gasteiger charge is 2.30. The molecule has 1 aromatic carbocycles. The third-order valence-electron chi connectivity index (χ3n) is 6.42. The smallest absolute Gasteiger partial charge is 0.229 e. The molecule has 9 nitrogen and oxygen atoms in total. The highest BCUT2D eigenvalue weighted by Crippen LogP contribution is 2.35. The van der Waals surface area contributed by atoms with E-state index in [-0.39, 0.29) is 17.9 Å². The number of hydrogen-bond donors (Lipinski definition) is 2. The number of ether oxygens (including phenoxy) is 1. The average Bonchev–Trinajstić information content (AvgIpc) is 3.62. The van der Waals surface area contributed by atoms with Crippen LogP contribution in [0.4, 0.5) is 17.3 Å². The van der Waals surface area contributed by atoms with Gasteiger partial charge >= 0.3 is 0 Å². The lowest BCUT2D eigenvalue weighted by Gasteiger charge is -2.32. The van der Waals surface area contributed by atoms with Crippen molar-refractivity contribution in [2.45, 2.75) is 25.9 Å². The van der Waals surface area contributed by atoms with Crippen molar-refractivity contribution < 1.29 is 13.9 Å². The first-order chi connectivity index (χ1) is 16.6. The molecule has 1 aliphatic carbocycles. The Hall–Kier alpha value is -3.72. The lowest BCUT2D eigenvalue weighted by molar-refractivity contribution is -0.117. The number of nitrogens with zero attached hydrogens (tertiary/aromatic N) is 4. The Morgan fingerprint density at radius 1 is 1.15 bits per heavy atom. The van der Waals surface area contributed by atoms with Crippen molar-refractivity contribution in [1.82, 2.24) is 15.0 Å². The monoisotopic (exact) mass is 458 g/mol. The molecule has 1 atom stereocenters. The summed E-state index contributed by atoms with van der Waals surface area (Å²) in [5.74, 6) is 1.81. The number of oxazole rings is 1. The molecule has 1 unspecified atom stereocenters. The van der Waals surface area contributed by atoms with Crippen LogP contribution < -0.4 is 15.5 Å². The van der Waals surface area contributed by atoms with E-state index in [0.717, 1.165) is 53.5 Å². The van der Waals surface area contributed by atoms with Crippen LogP contribution in [0.1, 0.15) is 19.8 Å². The number of carbonyl (C=O) groups excluding carboxylic acids is 1. The maximum Gasteiger partial charge on any atom is 0.229 e. The van der Waals surface area contributed by atoms with Crippen molar-refractivity contribution in [2.75, 3.05) is 42.3 Å². The molecule has 1 aliphatic heterocycles. The molecule has 4 aromatic rings. The Morgan fingerprint density at radius 3 is 2.82 bits per heavy atom. The van der Waals surface area contributed by atoms with E-state index in [9.17, 15) is 4.79 Å². The Bertz CT molecular complexity index is 1400. The minimum absolute atomic E-state index is 0.0168. The third kappa shape index (κ3) is 3.81. The van der Waals surface area contributed by atoms with Gasteiger partial charge in [0.1, 0.15) is 17.2 Å². The molecule has 0 radical (unpaired) electrons. The van der Waals surface area contributed by atoms with Gasteiger partial charge in [-0.3, -0.25) is 4.79 Å².